The van der Waals surface area contributed by atoms with Crippen molar-refractivity contribution in [2.45, 2.75) is 19.8 Å². The summed E-state index contributed by atoms with van der Waals surface area (Å²) in [5.41, 5.74) is 0. The van der Waals surface area contributed by atoms with Crippen molar-refractivity contribution in [2.75, 3.05) is 0 Å². The molecule has 0 aromatic rings. The molecule has 0 rings (SSSR count). The van der Waals surface area contributed by atoms with E-state index in [0.717, 1.165) is 6.42 Å². The minimum absolute atomic E-state index is 0. The maximum Gasteiger partial charge on any atom is 1.00 e. The largest absolute Gasteiger partial charge is 1.00 e. The molecule has 58 valence electrons. The van der Waals surface area contributed by atoms with Gasteiger partial charge in [-0.2, -0.15) is 6.42 Å². The second-order valence-electron chi connectivity index (χ2n) is 1.28. The van der Waals surface area contributed by atoms with Gasteiger partial charge in [0.2, 0.25) is 0 Å². The first-order valence-electron chi connectivity index (χ1n) is 2.46. The second-order valence-corrected chi connectivity index (χ2v) is 16.8. The second kappa shape index (κ2) is 11.5. The van der Waals surface area contributed by atoms with Crippen LogP contribution >= 0.6 is 37.2 Å². The molecule has 0 heterocycles. The van der Waals surface area contributed by atoms with Crippen LogP contribution in [0.3, 0.4) is 0 Å². The Labute approximate surface area is 94.0 Å². The minimum Gasteiger partial charge on any atom is 1.00 e. The molecule has 10 heavy (non-hydrogen) atoms. The summed E-state index contributed by atoms with van der Waals surface area (Å²) in [4.78, 5) is 0. The average molecular weight is 254 g/mol. The van der Waals surface area contributed by atoms with Gasteiger partial charge in [-0.3, -0.25) is 0 Å². The van der Waals surface area contributed by atoms with Gasteiger partial charge in [-0.25, -0.2) is 0 Å². The van der Waals surface area contributed by atoms with Crippen molar-refractivity contribution >= 4 is 37.2 Å². The molecular formula is C4H9Cl4LiTi. The topological polar surface area (TPSA) is 0 Å². The maximum absolute atomic E-state index is 5.01. The summed E-state index contributed by atoms with van der Waals surface area (Å²) in [6, 6.07) is 0. The monoisotopic (exact) mass is 252 g/mol. The summed E-state index contributed by atoms with van der Waals surface area (Å²) in [5.74, 6) is 0. The van der Waals surface area contributed by atoms with Gasteiger partial charge < -0.3 is 6.92 Å². The average Bonchev–Trinajstić information content (AvgIpc) is 1.61. The molecule has 0 bridgehead atoms. The first kappa shape index (κ1) is 18.3. The van der Waals surface area contributed by atoms with E-state index in [1.54, 1.807) is 0 Å². The Kier molecular flexibility index (Phi) is 21.0. The fourth-order valence-corrected chi connectivity index (χ4v) is 0. The SMILES string of the molecule is [CH2-]CCC.[Cl][Ti]([Cl])([Cl])[Cl].[Li+]. The van der Waals surface area contributed by atoms with Crippen molar-refractivity contribution in [3.63, 3.8) is 0 Å². The van der Waals surface area contributed by atoms with Gasteiger partial charge in [0.05, 0.1) is 0 Å². The molecule has 6 heteroatoms. The molecule has 0 fully saturated rings. The summed E-state index contributed by atoms with van der Waals surface area (Å²) in [5, 5.41) is 0. The normalized spacial score (nSPS) is 9.00. The van der Waals surface area contributed by atoms with Gasteiger partial charge in [0.1, 0.15) is 0 Å². The minimum atomic E-state index is -3.11. The first-order chi connectivity index (χ1) is 3.91. The van der Waals surface area contributed by atoms with Gasteiger partial charge in [0.25, 0.3) is 0 Å². The van der Waals surface area contributed by atoms with E-state index in [1.807, 2.05) is 0 Å². The van der Waals surface area contributed by atoms with Gasteiger partial charge >= 0.3 is 68.4 Å². The van der Waals surface area contributed by atoms with Crippen molar-refractivity contribution in [2.24, 2.45) is 0 Å². The summed E-state index contributed by atoms with van der Waals surface area (Å²) >= 11 is -3.11. The van der Waals surface area contributed by atoms with Gasteiger partial charge in [-0.1, -0.05) is 13.3 Å². The van der Waals surface area contributed by atoms with Crippen LogP contribution in [0.2, 0.25) is 0 Å². The molecule has 0 aromatic heterocycles. The van der Waals surface area contributed by atoms with Crippen LogP contribution < -0.4 is 18.9 Å². The third-order valence-electron chi connectivity index (χ3n) is 0.354. The van der Waals surface area contributed by atoms with Crippen LogP contribution in [0, 0.1) is 6.92 Å². The molecular weight excluding hydrogens is 245 g/mol. The molecule has 0 nitrogen and oxygen atoms in total. The molecule has 0 radical (unpaired) electrons. The van der Waals surface area contributed by atoms with Crippen LogP contribution in [-0.4, -0.2) is 0 Å². The van der Waals surface area contributed by atoms with Crippen molar-refractivity contribution < 1.29 is 31.2 Å². The molecule has 0 saturated heterocycles. The van der Waals surface area contributed by atoms with E-state index in [1.165, 1.54) is 6.42 Å². The molecule has 0 amide bonds. The Bertz CT molecular complexity index is 47.7. The van der Waals surface area contributed by atoms with Crippen LogP contribution in [-0.2, 0) is 12.3 Å². The fourth-order valence-electron chi connectivity index (χ4n) is 0. The smallest absolute Gasteiger partial charge is 1.00 e. The zero-order valence-corrected chi connectivity index (χ0v) is 10.7. The predicted octanol–water partition coefficient (Wildman–Crippen LogP) is 1.38. The summed E-state index contributed by atoms with van der Waals surface area (Å²) < 4.78 is 0. The Hall–Kier alpha value is 2.47. The van der Waals surface area contributed by atoms with Crippen LogP contribution in [0.15, 0.2) is 0 Å². The molecule has 0 aromatic carbocycles. The summed E-state index contributed by atoms with van der Waals surface area (Å²) in [7, 11) is 20.1. The van der Waals surface area contributed by atoms with E-state index in [9.17, 15) is 0 Å². The zero-order valence-electron chi connectivity index (χ0n) is 6.13. The Balaban J connectivity index is -0.0000000910. The van der Waals surface area contributed by atoms with E-state index in [0.29, 0.717) is 0 Å². The molecule has 0 aliphatic carbocycles. The Morgan fingerprint density at radius 3 is 1.30 bits per heavy atom. The third-order valence-corrected chi connectivity index (χ3v) is 0.354. The molecule has 0 saturated carbocycles. The van der Waals surface area contributed by atoms with Crippen LogP contribution in [0.25, 0.3) is 0 Å². The molecule has 0 atom stereocenters. The molecule has 0 aliphatic rings. The van der Waals surface area contributed by atoms with Crippen molar-refractivity contribution in [3.8, 4) is 0 Å². The van der Waals surface area contributed by atoms with E-state index in [-0.39, 0.29) is 18.9 Å². The standard InChI is InChI=1S/C4H9.4ClH.Li.Ti/c1-3-4-2;;;;;;/h1,3-4H2,2H3;4*1H;;/q-1;;;;;+1;+4/p-4. The first-order valence-corrected chi connectivity index (χ1v) is 11.1. The predicted molar refractivity (Wildman–Crippen MR) is 43.7 cm³/mol. The van der Waals surface area contributed by atoms with Crippen molar-refractivity contribution in [1.29, 1.82) is 0 Å². The number of unbranched alkanes of at least 4 members (excludes halogenated alkanes) is 1. The number of hydrogen-bond donors (Lipinski definition) is 0. The number of rotatable bonds is 1. The van der Waals surface area contributed by atoms with Gasteiger partial charge in [-0.15, -0.1) is 0 Å². The maximum atomic E-state index is 5.01. The summed E-state index contributed by atoms with van der Waals surface area (Å²) in [6.07, 6.45) is 2.28. The number of halogens is 4. The summed E-state index contributed by atoms with van der Waals surface area (Å²) in [6.45, 7) is 5.72. The van der Waals surface area contributed by atoms with Crippen LogP contribution in [0.1, 0.15) is 19.8 Å². The number of hydrogen-bond acceptors (Lipinski definition) is 0. The molecule has 0 N–H and O–H groups in total. The van der Waals surface area contributed by atoms with Gasteiger partial charge in [0.15, 0.2) is 0 Å². The molecule has 0 unspecified atom stereocenters. The van der Waals surface area contributed by atoms with E-state index in [4.69, 9.17) is 37.2 Å². The molecule has 0 spiro atoms. The quantitative estimate of drug-likeness (QED) is 0.489. The van der Waals surface area contributed by atoms with E-state index in [2.05, 4.69) is 13.8 Å². The Morgan fingerprint density at radius 1 is 1.20 bits per heavy atom. The Morgan fingerprint density at radius 2 is 1.30 bits per heavy atom. The van der Waals surface area contributed by atoms with Crippen molar-refractivity contribution in [1.82, 2.24) is 0 Å². The third kappa shape index (κ3) is 77.9. The fraction of sp³-hybridized carbons (Fsp3) is 0.750. The van der Waals surface area contributed by atoms with Gasteiger partial charge in [-0.05, 0) is 0 Å². The molecule has 0 aliphatic heterocycles. The van der Waals surface area contributed by atoms with E-state index < -0.39 is 12.3 Å². The van der Waals surface area contributed by atoms with Crippen molar-refractivity contribution in [3.05, 3.63) is 6.92 Å². The van der Waals surface area contributed by atoms with Crippen LogP contribution in [0.4, 0.5) is 0 Å². The van der Waals surface area contributed by atoms with E-state index >= 15 is 0 Å². The zero-order chi connectivity index (χ0) is 7.91. The van der Waals surface area contributed by atoms with Crippen LogP contribution in [0.5, 0.6) is 0 Å². The van der Waals surface area contributed by atoms with Gasteiger partial charge in [0, 0.05) is 0 Å².